The van der Waals surface area contributed by atoms with Crippen LogP contribution in [0.4, 0.5) is 0 Å². The molecule has 0 fully saturated rings. The molecule has 0 aliphatic rings. The first kappa shape index (κ1) is 16.3. The van der Waals surface area contributed by atoms with Crippen molar-refractivity contribution in [3.8, 4) is 22.6 Å². The molecule has 0 aromatic heterocycles. The van der Waals surface area contributed by atoms with E-state index in [1.807, 2.05) is 52.5 Å². The molecule has 0 saturated heterocycles. The Balaban J connectivity index is 2.55. The maximum atomic E-state index is 9.79. The lowest BCUT2D eigenvalue weighted by atomic mass is 9.94. The molecular weight excluding hydrogens is 276 g/mol. The Morgan fingerprint density at radius 3 is 1.36 bits per heavy atom. The molecule has 0 aliphatic carbocycles. The summed E-state index contributed by atoms with van der Waals surface area (Å²) in [4.78, 5) is 4.15. The summed E-state index contributed by atoms with van der Waals surface area (Å²) in [7, 11) is 8.02. The van der Waals surface area contributed by atoms with Gasteiger partial charge >= 0.3 is 0 Å². The lowest BCUT2D eigenvalue weighted by Gasteiger charge is -2.19. The van der Waals surface area contributed by atoms with Crippen LogP contribution >= 0.6 is 0 Å². The Morgan fingerprint density at radius 1 is 0.682 bits per heavy atom. The van der Waals surface area contributed by atoms with Crippen molar-refractivity contribution in [1.82, 2.24) is 9.80 Å². The molecule has 0 saturated carbocycles. The van der Waals surface area contributed by atoms with Crippen molar-refractivity contribution in [2.24, 2.45) is 0 Å². The summed E-state index contributed by atoms with van der Waals surface area (Å²) in [6, 6.07) is 10.9. The van der Waals surface area contributed by atoms with Gasteiger partial charge in [0.15, 0.2) is 0 Å². The molecule has 0 aliphatic heterocycles. The third-order valence-corrected chi connectivity index (χ3v) is 3.44. The summed E-state index contributed by atoms with van der Waals surface area (Å²) >= 11 is 0. The second-order valence-corrected chi connectivity index (χ2v) is 6.16. The molecule has 0 atom stereocenters. The van der Waals surface area contributed by atoms with Crippen LogP contribution in [0.25, 0.3) is 11.1 Å². The van der Waals surface area contributed by atoms with Crippen LogP contribution in [-0.2, 0) is 13.1 Å². The molecule has 2 N–H and O–H groups in total. The molecule has 4 heteroatoms. The first-order valence-corrected chi connectivity index (χ1v) is 7.30. The highest BCUT2D eigenvalue weighted by Crippen LogP contribution is 2.32. The topological polar surface area (TPSA) is 46.9 Å². The first-order chi connectivity index (χ1) is 10.4. The van der Waals surface area contributed by atoms with E-state index in [2.05, 4.69) is 9.80 Å². The van der Waals surface area contributed by atoms with Gasteiger partial charge in [0, 0.05) is 13.1 Å². The molecule has 0 unspecified atom stereocenters. The molecule has 0 bridgehead atoms. The van der Waals surface area contributed by atoms with Crippen LogP contribution in [0, 0.1) is 0 Å². The molecule has 0 radical (unpaired) electrons. The van der Waals surface area contributed by atoms with Crippen molar-refractivity contribution in [1.29, 1.82) is 0 Å². The summed E-state index contributed by atoms with van der Waals surface area (Å²) in [6.07, 6.45) is 0. The first-order valence-electron chi connectivity index (χ1n) is 7.30. The average molecular weight is 300 g/mol. The highest BCUT2D eigenvalue weighted by atomic mass is 16.3. The van der Waals surface area contributed by atoms with Gasteiger partial charge in [0.25, 0.3) is 0 Å². The predicted molar refractivity (Wildman–Crippen MR) is 90.0 cm³/mol. The van der Waals surface area contributed by atoms with Gasteiger partial charge in [-0.05, 0) is 74.7 Å². The maximum absolute atomic E-state index is 9.79. The molecule has 118 valence electrons. The van der Waals surface area contributed by atoms with Gasteiger partial charge in [-0.25, -0.2) is 0 Å². The van der Waals surface area contributed by atoms with Crippen molar-refractivity contribution >= 4 is 0 Å². The van der Waals surface area contributed by atoms with Crippen LogP contribution in [0.15, 0.2) is 36.4 Å². The van der Waals surface area contributed by atoms with Gasteiger partial charge in [0.1, 0.15) is 11.5 Å². The zero-order chi connectivity index (χ0) is 16.3. The van der Waals surface area contributed by atoms with E-state index in [-0.39, 0.29) is 11.5 Å². The van der Waals surface area contributed by atoms with Crippen molar-refractivity contribution in [2.45, 2.75) is 13.1 Å². The average Bonchev–Trinajstić information content (AvgIpc) is 2.38. The molecule has 0 amide bonds. The maximum Gasteiger partial charge on any atom is 0.115 e. The SMILES string of the molecule is CN(C)Cc1cc(O)ccc1-c1ccc(O)cc1CN(C)C. The Hall–Kier alpha value is -2.04. The van der Waals surface area contributed by atoms with E-state index in [4.69, 9.17) is 0 Å². The zero-order valence-electron chi connectivity index (χ0n) is 13.7. The Kier molecular flexibility index (Phi) is 5.06. The van der Waals surface area contributed by atoms with Crippen LogP contribution in [0.2, 0.25) is 0 Å². The zero-order valence-corrected chi connectivity index (χ0v) is 13.7. The Bertz CT molecular complexity index is 594. The van der Waals surface area contributed by atoms with Crippen LogP contribution in [-0.4, -0.2) is 48.2 Å². The van der Waals surface area contributed by atoms with Crippen LogP contribution < -0.4 is 0 Å². The second kappa shape index (κ2) is 6.81. The molecule has 2 rings (SSSR count). The van der Waals surface area contributed by atoms with Crippen LogP contribution in [0.1, 0.15) is 11.1 Å². The number of aromatic hydroxyl groups is 2. The fourth-order valence-corrected chi connectivity index (χ4v) is 2.63. The second-order valence-electron chi connectivity index (χ2n) is 6.16. The van der Waals surface area contributed by atoms with E-state index >= 15 is 0 Å². The van der Waals surface area contributed by atoms with E-state index in [0.29, 0.717) is 0 Å². The van der Waals surface area contributed by atoms with Gasteiger partial charge in [-0.15, -0.1) is 0 Å². The summed E-state index contributed by atoms with van der Waals surface area (Å²) in [5.41, 5.74) is 4.30. The van der Waals surface area contributed by atoms with Gasteiger partial charge in [-0.1, -0.05) is 12.1 Å². The van der Waals surface area contributed by atoms with Crippen molar-refractivity contribution in [3.05, 3.63) is 47.5 Å². The van der Waals surface area contributed by atoms with Gasteiger partial charge in [0.2, 0.25) is 0 Å². The fourth-order valence-electron chi connectivity index (χ4n) is 2.63. The lowest BCUT2D eigenvalue weighted by Crippen LogP contribution is -2.13. The van der Waals surface area contributed by atoms with E-state index in [1.165, 1.54) is 0 Å². The van der Waals surface area contributed by atoms with Crippen molar-refractivity contribution < 1.29 is 10.2 Å². The van der Waals surface area contributed by atoms with Gasteiger partial charge < -0.3 is 20.0 Å². The van der Waals surface area contributed by atoms with E-state index in [9.17, 15) is 10.2 Å². The molecule has 2 aromatic carbocycles. The minimum absolute atomic E-state index is 0.272. The summed E-state index contributed by atoms with van der Waals surface area (Å²) in [5.74, 6) is 0.544. The molecular formula is C18H24N2O2. The van der Waals surface area contributed by atoms with Crippen molar-refractivity contribution in [2.75, 3.05) is 28.2 Å². The quantitative estimate of drug-likeness (QED) is 0.891. The highest BCUT2D eigenvalue weighted by molar-refractivity contribution is 5.72. The Morgan fingerprint density at radius 2 is 1.05 bits per heavy atom. The van der Waals surface area contributed by atoms with Crippen LogP contribution in [0.5, 0.6) is 11.5 Å². The van der Waals surface area contributed by atoms with Crippen molar-refractivity contribution in [3.63, 3.8) is 0 Å². The molecule has 0 heterocycles. The van der Waals surface area contributed by atoms with Crippen LogP contribution in [0.3, 0.4) is 0 Å². The molecule has 0 spiro atoms. The number of phenolic OH excluding ortho intramolecular Hbond substituents is 2. The molecule has 2 aromatic rings. The lowest BCUT2D eigenvalue weighted by molar-refractivity contribution is 0.399. The molecule has 22 heavy (non-hydrogen) atoms. The minimum Gasteiger partial charge on any atom is -0.508 e. The number of hydrogen-bond acceptors (Lipinski definition) is 4. The van der Waals surface area contributed by atoms with Gasteiger partial charge in [-0.3, -0.25) is 0 Å². The number of nitrogens with zero attached hydrogens (tertiary/aromatic N) is 2. The summed E-state index contributed by atoms with van der Waals surface area (Å²) in [6.45, 7) is 1.48. The number of rotatable bonds is 5. The number of phenols is 2. The third-order valence-electron chi connectivity index (χ3n) is 3.44. The third kappa shape index (κ3) is 4.00. The van der Waals surface area contributed by atoms with E-state index in [1.54, 1.807) is 12.1 Å². The van der Waals surface area contributed by atoms with Gasteiger partial charge in [-0.2, -0.15) is 0 Å². The standard InChI is InChI=1S/C18H24N2O2/c1-19(2)11-13-9-15(21)5-7-17(13)18-8-6-16(22)10-14(18)12-20(3)4/h5-10,21-22H,11-12H2,1-4H3. The van der Waals surface area contributed by atoms with Gasteiger partial charge in [0.05, 0.1) is 0 Å². The summed E-state index contributed by atoms with van der Waals surface area (Å²) in [5, 5.41) is 19.6. The number of benzene rings is 2. The monoisotopic (exact) mass is 300 g/mol. The normalized spacial score (nSPS) is 11.4. The minimum atomic E-state index is 0.272. The summed E-state index contributed by atoms with van der Waals surface area (Å²) < 4.78 is 0. The fraction of sp³-hybridized carbons (Fsp3) is 0.333. The smallest absolute Gasteiger partial charge is 0.115 e. The van der Waals surface area contributed by atoms with E-state index in [0.717, 1.165) is 35.3 Å². The molecule has 4 nitrogen and oxygen atoms in total. The predicted octanol–water partition coefficient (Wildman–Crippen LogP) is 2.89. The highest BCUT2D eigenvalue weighted by Gasteiger charge is 2.12. The van der Waals surface area contributed by atoms with E-state index < -0.39 is 0 Å². The number of hydrogen-bond donors (Lipinski definition) is 2. The Labute approximate surface area is 132 Å². The largest absolute Gasteiger partial charge is 0.508 e.